The highest BCUT2D eigenvalue weighted by Gasteiger charge is 2.32. The first kappa shape index (κ1) is 16.1. The van der Waals surface area contributed by atoms with E-state index in [0.717, 1.165) is 23.0 Å². The Morgan fingerprint density at radius 2 is 2.00 bits per heavy atom. The normalized spacial score (nSPS) is 23.6. The first-order chi connectivity index (χ1) is 10.2. The molecule has 0 amide bonds. The van der Waals surface area contributed by atoms with Crippen LogP contribution < -0.4 is 20.7 Å². The van der Waals surface area contributed by atoms with E-state index in [0.29, 0.717) is 5.92 Å². The molecule has 21 heavy (non-hydrogen) atoms. The number of rotatable bonds is 6. The van der Waals surface area contributed by atoms with E-state index in [4.69, 9.17) is 15.3 Å². The number of nitrogens with one attached hydrogen (secondary N) is 1. The maximum absolute atomic E-state index is 5.92. The van der Waals surface area contributed by atoms with Crippen molar-refractivity contribution in [2.45, 2.75) is 45.1 Å². The number of nitrogens with two attached hydrogens (primary N) is 1. The molecular weight excluding hydrogens is 264 g/mol. The topological polar surface area (TPSA) is 56.5 Å². The summed E-state index contributed by atoms with van der Waals surface area (Å²) in [5.74, 6) is 8.91. The summed E-state index contributed by atoms with van der Waals surface area (Å²) < 4.78 is 10.9. The average molecular weight is 292 g/mol. The van der Waals surface area contributed by atoms with Gasteiger partial charge in [0.2, 0.25) is 0 Å². The quantitative estimate of drug-likeness (QED) is 0.623. The summed E-state index contributed by atoms with van der Waals surface area (Å²) in [6.07, 6.45) is 6.33. The Balaban J connectivity index is 2.35. The van der Waals surface area contributed by atoms with Crippen molar-refractivity contribution >= 4 is 0 Å². The van der Waals surface area contributed by atoms with Crippen LogP contribution >= 0.6 is 0 Å². The highest BCUT2D eigenvalue weighted by Crippen LogP contribution is 2.43. The molecule has 1 saturated carbocycles. The molecule has 0 spiro atoms. The van der Waals surface area contributed by atoms with Crippen LogP contribution in [0.5, 0.6) is 11.5 Å². The number of hydrazine groups is 1. The van der Waals surface area contributed by atoms with Crippen LogP contribution in [0.2, 0.25) is 0 Å². The lowest BCUT2D eigenvalue weighted by Crippen LogP contribution is -2.38. The van der Waals surface area contributed by atoms with Gasteiger partial charge in [0.25, 0.3) is 0 Å². The van der Waals surface area contributed by atoms with Gasteiger partial charge in [0.05, 0.1) is 20.3 Å². The summed E-state index contributed by atoms with van der Waals surface area (Å²) in [4.78, 5) is 0. The molecule has 0 heterocycles. The fourth-order valence-corrected chi connectivity index (χ4v) is 3.71. The number of methoxy groups -OCH3 is 2. The van der Waals surface area contributed by atoms with Crippen molar-refractivity contribution in [3.05, 3.63) is 23.8 Å². The molecule has 3 atom stereocenters. The molecule has 1 aromatic rings. The molecule has 0 bridgehead atoms. The summed E-state index contributed by atoms with van der Waals surface area (Å²) in [5, 5.41) is 0. The SMILES string of the molecule is CCC1CCCCC1C(NN)c1cc(OC)ccc1OC. The lowest BCUT2D eigenvalue weighted by Gasteiger charge is -2.37. The van der Waals surface area contributed by atoms with Crippen molar-refractivity contribution in [2.75, 3.05) is 14.2 Å². The summed E-state index contributed by atoms with van der Waals surface area (Å²) in [6.45, 7) is 2.28. The second kappa shape index (κ2) is 7.66. The number of ether oxygens (including phenoxy) is 2. The van der Waals surface area contributed by atoms with Crippen molar-refractivity contribution < 1.29 is 9.47 Å². The lowest BCUT2D eigenvalue weighted by molar-refractivity contribution is 0.173. The van der Waals surface area contributed by atoms with Crippen molar-refractivity contribution in [1.82, 2.24) is 5.43 Å². The molecule has 0 aliphatic heterocycles. The van der Waals surface area contributed by atoms with Crippen molar-refractivity contribution in [3.63, 3.8) is 0 Å². The highest BCUT2D eigenvalue weighted by molar-refractivity contribution is 5.42. The molecule has 2 rings (SSSR count). The number of hydrogen-bond acceptors (Lipinski definition) is 4. The minimum atomic E-state index is 0.111. The Morgan fingerprint density at radius 3 is 2.62 bits per heavy atom. The van der Waals surface area contributed by atoms with Crippen LogP contribution in [-0.4, -0.2) is 14.2 Å². The second-order valence-corrected chi connectivity index (χ2v) is 5.87. The third-order valence-electron chi connectivity index (χ3n) is 4.87. The molecule has 0 saturated heterocycles. The van der Waals surface area contributed by atoms with E-state index in [1.165, 1.54) is 32.1 Å². The molecule has 1 fully saturated rings. The molecule has 1 aromatic carbocycles. The minimum absolute atomic E-state index is 0.111. The maximum atomic E-state index is 5.92. The Hall–Kier alpha value is -1.26. The number of hydrogen-bond donors (Lipinski definition) is 2. The van der Waals surface area contributed by atoms with E-state index in [9.17, 15) is 0 Å². The summed E-state index contributed by atoms with van der Waals surface area (Å²) >= 11 is 0. The Morgan fingerprint density at radius 1 is 1.24 bits per heavy atom. The zero-order valence-electron chi connectivity index (χ0n) is 13.4. The van der Waals surface area contributed by atoms with Crippen LogP contribution in [0.4, 0.5) is 0 Å². The van der Waals surface area contributed by atoms with Gasteiger partial charge in [0.15, 0.2) is 0 Å². The molecule has 3 unspecified atom stereocenters. The molecule has 1 aliphatic carbocycles. The van der Waals surface area contributed by atoms with Crippen molar-refractivity contribution in [3.8, 4) is 11.5 Å². The Bertz CT molecular complexity index is 450. The standard InChI is InChI=1S/C17H28N2O2/c1-4-12-7-5-6-8-14(12)17(19-18)15-11-13(20-2)9-10-16(15)21-3/h9-12,14,17,19H,4-8,18H2,1-3H3. The van der Waals surface area contributed by atoms with Crippen LogP contribution in [0.3, 0.4) is 0 Å². The third-order valence-corrected chi connectivity index (χ3v) is 4.87. The van der Waals surface area contributed by atoms with Crippen LogP contribution in [0.25, 0.3) is 0 Å². The monoisotopic (exact) mass is 292 g/mol. The van der Waals surface area contributed by atoms with E-state index in [-0.39, 0.29) is 6.04 Å². The molecule has 4 nitrogen and oxygen atoms in total. The molecule has 3 N–H and O–H groups in total. The van der Waals surface area contributed by atoms with Crippen LogP contribution in [0, 0.1) is 11.8 Å². The zero-order chi connectivity index (χ0) is 15.2. The van der Waals surface area contributed by atoms with E-state index < -0.39 is 0 Å². The molecule has 0 aromatic heterocycles. The summed E-state index contributed by atoms with van der Waals surface area (Å²) in [5.41, 5.74) is 4.14. The third kappa shape index (κ3) is 3.50. The van der Waals surface area contributed by atoms with Crippen molar-refractivity contribution in [2.24, 2.45) is 17.7 Å². The van der Waals surface area contributed by atoms with Gasteiger partial charge in [0, 0.05) is 5.56 Å². The van der Waals surface area contributed by atoms with E-state index in [1.807, 2.05) is 18.2 Å². The first-order valence-corrected chi connectivity index (χ1v) is 7.93. The van der Waals surface area contributed by atoms with Gasteiger partial charge >= 0.3 is 0 Å². The molecular formula is C17H28N2O2. The minimum Gasteiger partial charge on any atom is -0.497 e. The molecule has 118 valence electrons. The zero-order valence-corrected chi connectivity index (χ0v) is 13.4. The van der Waals surface area contributed by atoms with E-state index >= 15 is 0 Å². The number of benzene rings is 1. The van der Waals surface area contributed by atoms with Gasteiger partial charge < -0.3 is 9.47 Å². The average Bonchev–Trinajstić information content (AvgIpc) is 2.55. The largest absolute Gasteiger partial charge is 0.497 e. The highest BCUT2D eigenvalue weighted by atomic mass is 16.5. The molecule has 1 aliphatic rings. The van der Waals surface area contributed by atoms with Gasteiger partial charge in [-0.2, -0.15) is 0 Å². The predicted octanol–water partition coefficient (Wildman–Crippen LogP) is 3.42. The molecule has 4 heteroatoms. The Labute approximate surface area is 128 Å². The van der Waals surface area contributed by atoms with Gasteiger partial charge in [-0.3, -0.25) is 11.3 Å². The van der Waals surface area contributed by atoms with Gasteiger partial charge in [-0.05, 0) is 36.5 Å². The predicted molar refractivity (Wildman–Crippen MR) is 85.3 cm³/mol. The smallest absolute Gasteiger partial charge is 0.123 e. The van der Waals surface area contributed by atoms with Crippen LogP contribution in [-0.2, 0) is 0 Å². The van der Waals surface area contributed by atoms with Crippen molar-refractivity contribution in [1.29, 1.82) is 0 Å². The van der Waals surface area contributed by atoms with Crippen LogP contribution in [0.15, 0.2) is 18.2 Å². The Kier molecular flexibility index (Phi) is 5.88. The molecule has 0 radical (unpaired) electrons. The van der Waals surface area contributed by atoms with Gasteiger partial charge in [-0.15, -0.1) is 0 Å². The van der Waals surface area contributed by atoms with E-state index in [2.05, 4.69) is 12.3 Å². The van der Waals surface area contributed by atoms with Gasteiger partial charge in [-0.25, -0.2) is 0 Å². The van der Waals surface area contributed by atoms with Gasteiger partial charge in [-0.1, -0.05) is 32.6 Å². The summed E-state index contributed by atoms with van der Waals surface area (Å²) in [6, 6.07) is 6.04. The lowest BCUT2D eigenvalue weighted by atomic mass is 9.72. The van der Waals surface area contributed by atoms with Gasteiger partial charge in [0.1, 0.15) is 11.5 Å². The van der Waals surface area contributed by atoms with Crippen LogP contribution in [0.1, 0.15) is 50.6 Å². The first-order valence-electron chi connectivity index (χ1n) is 7.93. The fraction of sp³-hybridized carbons (Fsp3) is 0.647. The maximum Gasteiger partial charge on any atom is 0.123 e. The summed E-state index contributed by atoms with van der Waals surface area (Å²) in [7, 11) is 3.39. The fourth-order valence-electron chi connectivity index (χ4n) is 3.71. The van der Waals surface area contributed by atoms with E-state index in [1.54, 1.807) is 14.2 Å². The second-order valence-electron chi connectivity index (χ2n) is 5.87.